The van der Waals surface area contributed by atoms with E-state index in [1.165, 1.54) is 0 Å². The molecule has 0 atom stereocenters. The van der Waals surface area contributed by atoms with Crippen LogP contribution in [0.2, 0.25) is 0 Å². The summed E-state index contributed by atoms with van der Waals surface area (Å²) in [5.74, 6) is 0. The first-order valence-electron chi connectivity index (χ1n) is 7.23. The SMILES string of the molecule is CCCNC(=O)OCc1ccc(-c2csc(N(C)C)n2)cc1. The Morgan fingerprint density at radius 3 is 2.64 bits per heavy atom. The van der Waals surface area contributed by atoms with Crippen molar-refractivity contribution in [1.82, 2.24) is 10.3 Å². The van der Waals surface area contributed by atoms with Gasteiger partial charge in [-0.05, 0) is 12.0 Å². The van der Waals surface area contributed by atoms with Gasteiger partial charge in [-0.3, -0.25) is 0 Å². The maximum atomic E-state index is 11.4. The molecule has 0 aliphatic heterocycles. The summed E-state index contributed by atoms with van der Waals surface area (Å²) in [5, 5.41) is 5.70. The van der Waals surface area contributed by atoms with Gasteiger partial charge in [-0.1, -0.05) is 31.2 Å². The van der Waals surface area contributed by atoms with Crippen molar-refractivity contribution in [2.45, 2.75) is 20.0 Å². The van der Waals surface area contributed by atoms with E-state index < -0.39 is 0 Å². The van der Waals surface area contributed by atoms with E-state index in [0.717, 1.165) is 28.4 Å². The predicted octanol–water partition coefficient (Wildman–Crippen LogP) is 3.51. The molecular weight excluding hydrogens is 298 g/mol. The zero-order valence-corrected chi connectivity index (χ0v) is 13.9. The third kappa shape index (κ3) is 4.46. The van der Waals surface area contributed by atoms with Crippen molar-refractivity contribution in [3.05, 3.63) is 35.2 Å². The second-order valence-electron chi connectivity index (χ2n) is 5.11. The fourth-order valence-electron chi connectivity index (χ4n) is 1.80. The molecule has 0 fully saturated rings. The fraction of sp³-hybridized carbons (Fsp3) is 0.375. The van der Waals surface area contributed by atoms with Crippen molar-refractivity contribution < 1.29 is 9.53 Å². The van der Waals surface area contributed by atoms with Crippen LogP contribution in [0.5, 0.6) is 0 Å². The van der Waals surface area contributed by atoms with Crippen molar-refractivity contribution in [3.63, 3.8) is 0 Å². The van der Waals surface area contributed by atoms with E-state index in [-0.39, 0.29) is 12.7 Å². The van der Waals surface area contributed by atoms with Crippen LogP contribution in [0.4, 0.5) is 9.93 Å². The number of alkyl carbamates (subject to hydrolysis) is 1. The molecule has 1 heterocycles. The first-order valence-corrected chi connectivity index (χ1v) is 8.11. The molecule has 22 heavy (non-hydrogen) atoms. The number of thiazole rings is 1. The number of ether oxygens (including phenoxy) is 1. The molecule has 0 radical (unpaired) electrons. The fourth-order valence-corrected chi connectivity index (χ4v) is 2.57. The van der Waals surface area contributed by atoms with Gasteiger partial charge in [0.1, 0.15) is 6.61 Å². The number of anilines is 1. The molecule has 0 saturated heterocycles. The van der Waals surface area contributed by atoms with Crippen LogP contribution in [0.1, 0.15) is 18.9 Å². The minimum absolute atomic E-state index is 0.274. The van der Waals surface area contributed by atoms with Gasteiger partial charge in [0.15, 0.2) is 5.13 Å². The number of hydrogen-bond donors (Lipinski definition) is 1. The number of aromatic nitrogens is 1. The minimum atomic E-state index is -0.374. The average Bonchev–Trinajstić information content (AvgIpc) is 3.01. The standard InChI is InChI=1S/C16H21N3O2S/c1-4-9-17-16(20)21-10-12-5-7-13(8-6-12)14-11-22-15(18-14)19(2)3/h5-8,11H,4,9-10H2,1-3H3,(H,17,20). The molecule has 5 nitrogen and oxygen atoms in total. The molecule has 0 aliphatic carbocycles. The molecular formula is C16H21N3O2S. The van der Waals surface area contributed by atoms with Crippen LogP contribution in [0.15, 0.2) is 29.6 Å². The second-order valence-corrected chi connectivity index (χ2v) is 5.95. The molecule has 1 N–H and O–H groups in total. The van der Waals surface area contributed by atoms with Crippen LogP contribution in [0.25, 0.3) is 11.3 Å². The maximum Gasteiger partial charge on any atom is 0.407 e. The van der Waals surface area contributed by atoms with Gasteiger partial charge in [0.05, 0.1) is 5.69 Å². The lowest BCUT2D eigenvalue weighted by Crippen LogP contribution is -2.24. The van der Waals surface area contributed by atoms with E-state index in [1.54, 1.807) is 11.3 Å². The van der Waals surface area contributed by atoms with Gasteiger partial charge in [-0.15, -0.1) is 11.3 Å². The van der Waals surface area contributed by atoms with Gasteiger partial charge >= 0.3 is 6.09 Å². The number of nitrogens with zero attached hydrogens (tertiary/aromatic N) is 2. The Morgan fingerprint density at radius 2 is 2.05 bits per heavy atom. The molecule has 2 rings (SSSR count). The highest BCUT2D eigenvalue weighted by Crippen LogP contribution is 2.26. The van der Waals surface area contributed by atoms with E-state index in [9.17, 15) is 4.79 Å². The quantitative estimate of drug-likeness (QED) is 0.885. The molecule has 0 spiro atoms. The molecule has 0 bridgehead atoms. The van der Waals surface area contributed by atoms with Crippen molar-refractivity contribution >= 4 is 22.6 Å². The van der Waals surface area contributed by atoms with Crippen molar-refractivity contribution in [2.75, 3.05) is 25.5 Å². The molecule has 0 aliphatic rings. The average molecular weight is 319 g/mol. The minimum Gasteiger partial charge on any atom is -0.445 e. The predicted molar refractivity (Wildman–Crippen MR) is 90.4 cm³/mol. The summed E-state index contributed by atoms with van der Waals surface area (Å²) in [6.07, 6.45) is 0.521. The van der Waals surface area contributed by atoms with Gasteiger partial charge in [0, 0.05) is 31.6 Å². The summed E-state index contributed by atoms with van der Waals surface area (Å²) in [4.78, 5) is 17.9. The van der Waals surface area contributed by atoms with E-state index in [1.807, 2.05) is 55.6 Å². The van der Waals surface area contributed by atoms with Crippen LogP contribution in [-0.4, -0.2) is 31.7 Å². The number of benzene rings is 1. The van der Waals surface area contributed by atoms with Gasteiger partial charge in [-0.25, -0.2) is 9.78 Å². The topological polar surface area (TPSA) is 54.5 Å². The molecule has 1 aromatic heterocycles. The number of nitrogens with one attached hydrogen (secondary N) is 1. The maximum absolute atomic E-state index is 11.4. The normalized spacial score (nSPS) is 10.3. The van der Waals surface area contributed by atoms with Gasteiger partial charge in [0.2, 0.25) is 0 Å². The zero-order valence-electron chi connectivity index (χ0n) is 13.1. The largest absolute Gasteiger partial charge is 0.445 e. The number of carbonyl (C=O) groups excluding carboxylic acids is 1. The monoisotopic (exact) mass is 319 g/mol. The highest BCUT2D eigenvalue weighted by atomic mass is 32.1. The van der Waals surface area contributed by atoms with Crippen LogP contribution < -0.4 is 10.2 Å². The Labute approximate surface area is 134 Å². The van der Waals surface area contributed by atoms with E-state index in [4.69, 9.17) is 4.74 Å². The third-order valence-electron chi connectivity index (χ3n) is 3.01. The zero-order chi connectivity index (χ0) is 15.9. The first-order chi connectivity index (χ1) is 10.6. The van der Waals surface area contributed by atoms with Crippen LogP contribution in [0.3, 0.4) is 0 Å². The molecule has 2 aromatic rings. The van der Waals surface area contributed by atoms with E-state index in [2.05, 4.69) is 10.3 Å². The van der Waals surface area contributed by atoms with Crippen molar-refractivity contribution in [1.29, 1.82) is 0 Å². The summed E-state index contributed by atoms with van der Waals surface area (Å²) in [7, 11) is 3.96. The Bertz CT molecular complexity index is 608. The first kappa shape index (κ1) is 16.3. The number of carbonyl (C=O) groups is 1. The van der Waals surface area contributed by atoms with Gasteiger partial charge in [0.25, 0.3) is 0 Å². The van der Waals surface area contributed by atoms with Crippen LogP contribution in [0, 0.1) is 0 Å². The lowest BCUT2D eigenvalue weighted by atomic mass is 10.1. The summed E-state index contributed by atoms with van der Waals surface area (Å²) in [6.45, 7) is 2.91. The second kappa shape index (κ2) is 7.79. The van der Waals surface area contributed by atoms with Gasteiger partial charge in [-0.2, -0.15) is 0 Å². The third-order valence-corrected chi connectivity index (χ3v) is 4.02. The molecule has 0 unspecified atom stereocenters. The van der Waals surface area contributed by atoms with Crippen LogP contribution in [-0.2, 0) is 11.3 Å². The van der Waals surface area contributed by atoms with Crippen molar-refractivity contribution in [3.8, 4) is 11.3 Å². The highest BCUT2D eigenvalue weighted by molar-refractivity contribution is 7.14. The van der Waals surface area contributed by atoms with Crippen LogP contribution >= 0.6 is 11.3 Å². The highest BCUT2D eigenvalue weighted by Gasteiger charge is 2.06. The summed E-state index contributed by atoms with van der Waals surface area (Å²) in [5.41, 5.74) is 2.98. The number of amides is 1. The molecule has 1 aromatic carbocycles. The molecule has 0 saturated carbocycles. The van der Waals surface area contributed by atoms with Gasteiger partial charge < -0.3 is 15.0 Å². The number of rotatable bonds is 6. The molecule has 1 amide bonds. The molecule has 118 valence electrons. The number of hydrogen-bond acceptors (Lipinski definition) is 5. The molecule has 6 heteroatoms. The Hall–Kier alpha value is -2.08. The van der Waals surface area contributed by atoms with E-state index in [0.29, 0.717) is 6.54 Å². The lowest BCUT2D eigenvalue weighted by Gasteiger charge is -2.07. The Kier molecular flexibility index (Phi) is 5.77. The van der Waals surface area contributed by atoms with E-state index >= 15 is 0 Å². The Morgan fingerprint density at radius 1 is 1.32 bits per heavy atom. The smallest absolute Gasteiger partial charge is 0.407 e. The summed E-state index contributed by atoms with van der Waals surface area (Å²) in [6, 6.07) is 7.91. The lowest BCUT2D eigenvalue weighted by molar-refractivity contribution is 0.139. The Balaban J connectivity index is 1.93. The summed E-state index contributed by atoms with van der Waals surface area (Å²) >= 11 is 1.62. The summed E-state index contributed by atoms with van der Waals surface area (Å²) < 4.78 is 5.14. The van der Waals surface area contributed by atoms with Crippen molar-refractivity contribution in [2.24, 2.45) is 0 Å².